The van der Waals surface area contributed by atoms with Crippen LogP contribution in [0.2, 0.25) is 0 Å². The van der Waals surface area contributed by atoms with Gasteiger partial charge in [0.25, 0.3) is 0 Å². The van der Waals surface area contributed by atoms with Gasteiger partial charge in [-0.2, -0.15) is 0 Å². The fourth-order valence-corrected chi connectivity index (χ4v) is 3.40. The van der Waals surface area contributed by atoms with Gasteiger partial charge in [0.1, 0.15) is 5.75 Å². The van der Waals surface area contributed by atoms with E-state index in [9.17, 15) is 9.59 Å². The Hall–Kier alpha value is -2.08. The molecule has 0 aromatic heterocycles. The van der Waals surface area contributed by atoms with Crippen LogP contribution in [0.5, 0.6) is 5.75 Å². The summed E-state index contributed by atoms with van der Waals surface area (Å²) in [5.74, 6) is -0.0285. The zero-order valence-corrected chi connectivity index (χ0v) is 18.3. The van der Waals surface area contributed by atoms with E-state index in [-0.39, 0.29) is 18.4 Å². The molecule has 0 aliphatic heterocycles. The highest BCUT2D eigenvalue weighted by Gasteiger charge is 2.16. The zero-order valence-electron chi connectivity index (χ0n) is 18.3. The first kappa shape index (κ1) is 25.0. The van der Waals surface area contributed by atoms with E-state index in [0.29, 0.717) is 13.0 Å². The molecule has 0 aliphatic rings. The molecule has 0 heterocycles. The summed E-state index contributed by atoms with van der Waals surface area (Å²) in [5.41, 5.74) is 1.35. The third-order valence-corrected chi connectivity index (χ3v) is 4.90. The fraction of sp³-hybridized carbons (Fsp3) is 0.652. The van der Waals surface area contributed by atoms with Gasteiger partial charge in [-0.1, -0.05) is 44.2 Å². The Balaban J connectivity index is 2.03. The van der Waals surface area contributed by atoms with Gasteiger partial charge in [0.05, 0.1) is 19.6 Å². The van der Waals surface area contributed by atoms with E-state index < -0.39 is 5.97 Å². The van der Waals surface area contributed by atoms with Crippen LogP contribution < -0.4 is 10.1 Å². The molecule has 1 aromatic rings. The van der Waals surface area contributed by atoms with Gasteiger partial charge >= 0.3 is 5.97 Å². The summed E-state index contributed by atoms with van der Waals surface area (Å²) < 4.78 is 5.17. The monoisotopic (exact) mass is 406 g/mol. The molecule has 164 valence electrons. The smallest absolute Gasteiger partial charge is 0.305 e. The quantitative estimate of drug-likeness (QED) is 0.407. The summed E-state index contributed by atoms with van der Waals surface area (Å²) in [7, 11) is 5.43. The molecule has 0 bridgehead atoms. The summed E-state index contributed by atoms with van der Waals surface area (Å²) in [4.78, 5) is 24.8. The van der Waals surface area contributed by atoms with Gasteiger partial charge < -0.3 is 20.1 Å². The number of carbonyl (C=O) groups excluding carboxylic acids is 1. The van der Waals surface area contributed by atoms with E-state index in [0.717, 1.165) is 31.4 Å². The second kappa shape index (κ2) is 14.9. The second-order valence-corrected chi connectivity index (χ2v) is 7.95. The maximum absolute atomic E-state index is 12.0. The average molecular weight is 407 g/mol. The molecule has 6 nitrogen and oxygen atoms in total. The lowest BCUT2D eigenvalue weighted by Gasteiger charge is -2.20. The molecule has 0 spiro atoms. The lowest BCUT2D eigenvalue weighted by Crippen LogP contribution is -2.42. The Labute approximate surface area is 175 Å². The molecule has 0 saturated heterocycles. The van der Waals surface area contributed by atoms with Crippen molar-refractivity contribution in [3.05, 3.63) is 29.8 Å². The van der Waals surface area contributed by atoms with Gasteiger partial charge in [0.2, 0.25) is 5.91 Å². The predicted octanol–water partition coefficient (Wildman–Crippen LogP) is 3.88. The molecule has 0 saturated carbocycles. The maximum Gasteiger partial charge on any atom is 0.305 e. The van der Waals surface area contributed by atoms with Crippen molar-refractivity contribution in [3.8, 4) is 5.75 Å². The number of carboxylic acid groups (broad SMARTS) is 1. The molecule has 1 atom stereocenters. The van der Waals surface area contributed by atoms with Gasteiger partial charge in [-0.15, -0.1) is 0 Å². The van der Waals surface area contributed by atoms with E-state index in [1.165, 1.54) is 31.2 Å². The van der Waals surface area contributed by atoms with Gasteiger partial charge in [-0.3, -0.25) is 9.59 Å². The second-order valence-electron chi connectivity index (χ2n) is 7.95. The SMILES string of the molecule is COc1ccc(CCCCCCCCCC(=O)N[C@H](CC(=O)O)CN(C)C)cc1. The molecule has 0 radical (unpaired) electrons. The standard InChI is InChI=1S/C23H38N2O4/c1-25(2)18-20(17-23(27)28)24-22(26)12-10-8-6-4-5-7-9-11-19-13-15-21(29-3)16-14-19/h13-16,20H,4-12,17-18H2,1-3H3,(H,24,26)(H,27,28)/t20-/m1/s1. The average Bonchev–Trinajstić information content (AvgIpc) is 2.66. The number of methoxy groups -OCH3 is 1. The molecule has 6 heteroatoms. The van der Waals surface area contributed by atoms with Crippen molar-refractivity contribution in [3.63, 3.8) is 0 Å². The number of hydrogen-bond acceptors (Lipinski definition) is 4. The molecule has 0 unspecified atom stereocenters. The molecule has 0 aliphatic carbocycles. The lowest BCUT2D eigenvalue weighted by molar-refractivity contribution is -0.137. The topological polar surface area (TPSA) is 78.9 Å². The molecule has 0 fully saturated rings. The maximum atomic E-state index is 12.0. The van der Waals surface area contributed by atoms with Crippen LogP contribution >= 0.6 is 0 Å². The van der Waals surface area contributed by atoms with E-state index in [1.54, 1.807) is 7.11 Å². The van der Waals surface area contributed by atoms with Crippen LogP contribution in [0.1, 0.15) is 63.4 Å². The van der Waals surface area contributed by atoms with E-state index in [1.807, 2.05) is 31.1 Å². The first-order valence-corrected chi connectivity index (χ1v) is 10.7. The number of aryl methyl sites for hydroxylation is 1. The normalized spacial score (nSPS) is 12.0. The number of benzene rings is 1. The number of aliphatic carboxylic acids is 1. The van der Waals surface area contributed by atoms with Crippen LogP contribution in [0.25, 0.3) is 0 Å². The van der Waals surface area contributed by atoms with E-state index in [4.69, 9.17) is 9.84 Å². The van der Waals surface area contributed by atoms with E-state index >= 15 is 0 Å². The molecule has 1 rings (SSSR count). The highest BCUT2D eigenvalue weighted by atomic mass is 16.5. The largest absolute Gasteiger partial charge is 0.497 e. The summed E-state index contributed by atoms with van der Waals surface area (Å²) in [6.45, 7) is 0.536. The van der Waals surface area contributed by atoms with Gasteiger partial charge in [0.15, 0.2) is 0 Å². The molecule has 2 N–H and O–H groups in total. The minimum absolute atomic E-state index is 0.0412. The molecule has 1 amide bonds. The van der Waals surface area contributed by atoms with Crippen LogP contribution in [0, 0.1) is 0 Å². The van der Waals surface area contributed by atoms with Gasteiger partial charge in [0, 0.05) is 13.0 Å². The Morgan fingerprint density at radius 1 is 1.00 bits per heavy atom. The lowest BCUT2D eigenvalue weighted by atomic mass is 10.0. The summed E-state index contributed by atoms with van der Waals surface area (Å²) in [6.07, 6.45) is 9.45. The van der Waals surface area contributed by atoms with Crippen LogP contribution in [0.4, 0.5) is 0 Å². The number of unbranched alkanes of at least 4 members (excludes halogenated alkanes) is 6. The number of rotatable bonds is 16. The summed E-state index contributed by atoms with van der Waals surface area (Å²) in [5, 5.41) is 11.8. The number of nitrogens with one attached hydrogen (secondary N) is 1. The van der Waals surface area contributed by atoms with Crippen LogP contribution in [-0.4, -0.2) is 55.7 Å². The van der Waals surface area contributed by atoms with E-state index in [2.05, 4.69) is 17.4 Å². The first-order valence-electron chi connectivity index (χ1n) is 10.7. The highest BCUT2D eigenvalue weighted by molar-refractivity contribution is 5.77. The minimum atomic E-state index is -0.885. The fourth-order valence-electron chi connectivity index (χ4n) is 3.40. The molecule has 1 aromatic carbocycles. The van der Waals surface area contributed by atoms with Crippen molar-refractivity contribution in [2.24, 2.45) is 0 Å². The Bertz CT molecular complexity index is 587. The molecular weight excluding hydrogens is 368 g/mol. The number of ether oxygens (including phenoxy) is 1. The molecular formula is C23H38N2O4. The van der Waals surface area contributed by atoms with Crippen LogP contribution in [-0.2, 0) is 16.0 Å². The summed E-state index contributed by atoms with van der Waals surface area (Å²) in [6, 6.07) is 7.94. The Morgan fingerprint density at radius 2 is 1.59 bits per heavy atom. The number of amides is 1. The van der Waals surface area contributed by atoms with Crippen molar-refractivity contribution >= 4 is 11.9 Å². The number of nitrogens with zero attached hydrogens (tertiary/aromatic N) is 1. The van der Waals surface area contributed by atoms with Crippen molar-refractivity contribution < 1.29 is 19.4 Å². The Morgan fingerprint density at radius 3 is 2.14 bits per heavy atom. The van der Waals surface area contributed by atoms with Crippen molar-refractivity contribution in [2.45, 2.75) is 70.3 Å². The van der Waals surface area contributed by atoms with Crippen molar-refractivity contribution in [2.75, 3.05) is 27.7 Å². The third-order valence-electron chi connectivity index (χ3n) is 4.90. The highest BCUT2D eigenvalue weighted by Crippen LogP contribution is 2.15. The first-order chi connectivity index (χ1) is 13.9. The zero-order chi connectivity index (χ0) is 21.5. The molecule has 29 heavy (non-hydrogen) atoms. The number of carboxylic acids is 1. The van der Waals surface area contributed by atoms with Crippen molar-refractivity contribution in [1.29, 1.82) is 0 Å². The van der Waals surface area contributed by atoms with Crippen LogP contribution in [0.15, 0.2) is 24.3 Å². The third kappa shape index (κ3) is 12.9. The summed E-state index contributed by atoms with van der Waals surface area (Å²) >= 11 is 0. The Kier molecular flexibility index (Phi) is 12.8. The van der Waals surface area contributed by atoms with Gasteiger partial charge in [-0.05, 0) is 51.1 Å². The minimum Gasteiger partial charge on any atom is -0.497 e. The van der Waals surface area contributed by atoms with Crippen LogP contribution in [0.3, 0.4) is 0 Å². The van der Waals surface area contributed by atoms with Gasteiger partial charge in [-0.25, -0.2) is 0 Å². The number of carbonyl (C=O) groups is 2. The number of likely N-dealkylation sites (N-methyl/N-ethyl adjacent to an activating group) is 1. The number of hydrogen-bond donors (Lipinski definition) is 2. The predicted molar refractivity (Wildman–Crippen MR) is 116 cm³/mol. The van der Waals surface area contributed by atoms with Crippen molar-refractivity contribution in [1.82, 2.24) is 10.2 Å².